The molecule has 3 nitrogen and oxygen atoms in total. The number of allylic oxidation sites excluding steroid dienone is 1. The van der Waals surface area contributed by atoms with Gasteiger partial charge in [0.05, 0.1) is 4.88 Å². The largest absolute Gasteiger partial charge is 0.341 e. The summed E-state index contributed by atoms with van der Waals surface area (Å²) in [7, 11) is 0. The minimum atomic E-state index is -0.0720. The summed E-state index contributed by atoms with van der Waals surface area (Å²) in [6, 6.07) is 15.3. The molecule has 24 heavy (non-hydrogen) atoms. The summed E-state index contributed by atoms with van der Waals surface area (Å²) in [4.78, 5) is 15.6. The van der Waals surface area contributed by atoms with Crippen LogP contribution in [0.3, 0.4) is 0 Å². The van der Waals surface area contributed by atoms with E-state index in [1.165, 1.54) is 11.3 Å². The third-order valence-electron chi connectivity index (χ3n) is 3.94. The van der Waals surface area contributed by atoms with Crippen molar-refractivity contribution in [3.63, 3.8) is 0 Å². The zero-order chi connectivity index (χ0) is 16.7. The fraction of sp³-hybridized carbons (Fsp3) is 0.0556. The van der Waals surface area contributed by atoms with Gasteiger partial charge in [-0.3, -0.25) is 9.78 Å². The number of nitrogens with one attached hydrogen (secondary N) is 2. The van der Waals surface area contributed by atoms with Crippen molar-refractivity contribution in [3.05, 3.63) is 90.3 Å². The molecule has 0 aliphatic carbocycles. The molecule has 0 saturated carbocycles. The van der Waals surface area contributed by atoms with Crippen molar-refractivity contribution >= 4 is 46.1 Å². The molecule has 0 spiro atoms. The van der Waals surface area contributed by atoms with Crippen molar-refractivity contribution in [2.75, 3.05) is 5.32 Å². The van der Waals surface area contributed by atoms with E-state index >= 15 is 0 Å². The van der Waals surface area contributed by atoms with Crippen molar-refractivity contribution < 1.29 is 0 Å². The topological polar surface area (TPSA) is 44.9 Å². The highest BCUT2D eigenvalue weighted by atomic mass is 35.5. The predicted molar refractivity (Wildman–Crippen MR) is 101 cm³/mol. The molecule has 1 atom stereocenters. The lowest BCUT2D eigenvalue weighted by Crippen LogP contribution is -2.11. The van der Waals surface area contributed by atoms with Gasteiger partial charge in [0.1, 0.15) is 5.82 Å². The molecule has 2 heterocycles. The number of H-pyrrole nitrogens is 1. The molecule has 3 aromatic rings. The monoisotopic (exact) mass is 374 g/mol. The first kappa shape index (κ1) is 15.5. The average molecular weight is 375 g/mol. The molecule has 2 aromatic carbocycles. The van der Waals surface area contributed by atoms with Crippen LogP contribution in [0.4, 0.5) is 5.82 Å². The summed E-state index contributed by atoms with van der Waals surface area (Å²) < 4.78 is 0. The maximum Gasteiger partial charge on any atom is 0.306 e. The fourth-order valence-corrected chi connectivity index (χ4v) is 3.93. The van der Waals surface area contributed by atoms with Gasteiger partial charge in [0, 0.05) is 21.7 Å². The molecule has 0 fully saturated rings. The van der Waals surface area contributed by atoms with E-state index in [0.29, 0.717) is 10.0 Å². The van der Waals surface area contributed by atoms with E-state index in [2.05, 4.69) is 16.4 Å². The van der Waals surface area contributed by atoms with Gasteiger partial charge in [0.2, 0.25) is 0 Å². The molecule has 0 amide bonds. The Morgan fingerprint density at radius 3 is 2.21 bits per heavy atom. The molecule has 6 heteroatoms. The lowest BCUT2D eigenvalue weighted by Gasteiger charge is -2.23. The van der Waals surface area contributed by atoms with E-state index in [9.17, 15) is 4.79 Å². The van der Waals surface area contributed by atoms with E-state index in [1.807, 2.05) is 48.5 Å². The minimum absolute atomic E-state index is 0.00635. The third-order valence-corrected chi connectivity index (χ3v) is 5.41. The Bertz CT molecular complexity index is 972. The van der Waals surface area contributed by atoms with Crippen LogP contribution < -0.4 is 10.2 Å². The first-order chi connectivity index (χ1) is 11.6. The first-order valence-corrected chi connectivity index (χ1v) is 8.90. The quantitative estimate of drug-likeness (QED) is 0.635. The summed E-state index contributed by atoms with van der Waals surface area (Å²) >= 11 is 13.2. The minimum Gasteiger partial charge on any atom is -0.341 e. The van der Waals surface area contributed by atoms with Gasteiger partial charge >= 0.3 is 4.87 Å². The van der Waals surface area contributed by atoms with E-state index < -0.39 is 0 Å². The zero-order valence-corrected chi connectivity index (χ0v) is 14.7. The number of anilines is 1. The highest BCUT2D eigenvalue weighted by Gasteiger charge is 2.25. The Kier molecular flexibility index (Phi) is 3.96. The Labute approximate surface area is 152 Å². The second kappa shape index (κ2) is 6.13. The third kappa shape index (κ3) is 2.88. The number of aromatic nitrogens is 1. The lowest BCUT2D eigenvalue weighted by atomic mass is 9.92. The fourth-order valence-electron chi connectivity index (χ4n) is 2.79. The van der Waals surface area contributed by atoms with Crippen LogP contribution in [0.2, 0.25) is 10.0 Å². The summed E-state index contributed by atoms with van der Waals surface area (Å²) in [5.74, 6) is 0.741. The first-order valence-electron chi connectivity index (χ1n) is 7.33. The van der Waals surface area contributed by atoms with Crippen LogP contribution in [0, 0.1) is 0 Å². The van der Waals surface area contributed by atoms with Gasteiger partial charge < -0.3 is 5.32 Å². The maximum absolute atomic E-state index is 11.8. The smallest absolute Gasteiger partial charge is 0.306 e. The summed E-state index contributed by atoms with van der Waals surface area (Å²) in [5, 5.41) is 4.69. The predicted octanol–water partition coefficient (Wildman–Crippen LogP) is 5.34. The van der Waals surface area contributed by atoms with Crippen LogP contribution in [0.1, 0.15) is 21.9 Å². The van der Waals surface area contributed by atoms with Crippen LogP contribution in [0.15, 0.2) is 59.4 Å². The van der Waals surface area contributed by atoms with Gasteiger partial charge in [-0.05, 0) is 41.5 Å². The van der Waals surface area contributed by atoms with E-state index in [0.717, 1.165) is 27.5 Å². The van der Waals surface area contributed by atoms with Crippen molar-refractivity contribution in [2.24, 2.45) is 0 Å². The van der Waals surface area contributed by atoms with Gasteiger partial charge in [0.15, 0.2) is 0 Å². The van der Waals surface area contributed by atoms with Crippen LogP contribution in [-0.4, -0.2) is 4.98 Å². The average Bonchev–Trinajstić information content (AvgIpc) is 2.95. The van der Waals surface area contributed by atoms with Gasteiger partial charge in [0.25, 0.3) is 0 Å². The summed E-state index contributed by atoms with van der Waals surface area (Å²) in [5.41, 5.74) is 3.04. The summed E-state index contributed by atoms with van der Waals surface area (Å²) in [6.45, 7) is 0. The van der Waals surface area contributed by atoms with Gasteiger partial charge in [-0.2, -0.15) is 0 Å². The van der Waals surface area contributed by atoms with Gasteiger partial charge in [-0.15, -0.1) is 0 Å². The highest BCUT2D eigenvalue weighted by molar-refractivity contribution is 7.10. The lowest BCUT2D eigenvalue weighted by molar-refractivity contribution is 1.03. The number of hydrogen-bond donors (Lipinski definition) is 2. The van der Waals surface area contributed by atoms with Crippen LogP contribution in [0.5, 0.6) is 0 Å². The molecule has 1 aromatic heterocycles. The maximum atomic E-state index is 11.8. The molecular weight excluding hydrogens is 363 g/mol. The van der Waals surface area contributed by atoms with Crippen molar-refractivity contribution in [1.29, 1.82) is 0 Å². The van der Waals surface area contributed by atoms with Crippen LogP contribution >= 0.6 is 34.5 Å². The molecule has 2 N–H and O–H groups in total. The number of thiazole rings is 1. The number of rotatable bonds is 2. The second-order valence-electron chi connectivity index (χ2n) is 5.50. The second-order valence-corrected chi connectivity index (χ2v) is 7.38. The number of benzene rings is 2. The Hall–Kier alpha value is -2.01. The normalized spacial score (nSPS) is 16.2. The molecule has 1 unspecified atom stereocenters. The molecule has 4 rings (SSSR count). The standard InChI is InChI=1S/C18H12Cl2N2OS/c19-12-5-1-10(2-6-12)14-9-15(11-3-7-13(20)8-4-11)21-17-16(14)24-18(23)22-17/h1-9,14,21H,(H,22,23). The molecular formula is C18H12Cl2N2OS. The van der Waals surface area contributed by atoms with Crippen LogP contribution in [-0.2, 0) is 0 Å². The zero-order valence-electron chi connectivity index (χ0n) is 12.3. The van der Waals surface area contributed by atoms with Gasteiger partial charge in [-0.25, -0.2) is 0 Å². The van der Waals surface area contributed by atoms with Crippen molar-refractivity contribution in [2.45, 2.75) is 5.92 Å². The Morgan fingerprint density at radius 1 is 0.917 bits per heavy atom. The Balaban J connectivity index is 1.83. The highest BCUT2D eigenvalue weighted by Crippen LogP contribution is 2.40. The molecule has 1 aliphatic rings. The SMILES string of the molecule is O=c1[nH]c2c(s1)C(c1ccc(Cl)cc1)C=C(c1ccc(Cl)cc1)N2. The number of aromatic amines is 1. The summed E-state index contributed by atoms with van der Waals surface area (Å²) in [6.07, 6.45) is 2.12. The van der Waals surface area contributed by atoms with Crippen molar-refractivity contribution in [3.8, 4) is 0 Å². The van der Waals surface area contributed by atoms with E-state index in [1.54, 1.807) is 0 Å². The van der Waals surface area contributed by atoms with Gasteiger partial charge in [-0.1, -0.05) is 58.8 Å². The van der Waals surface area contributed by atoms with E-state index in [4.69, 9.17) is 23.2 Å². The molecule has 0 saturated heterocycles. The number of hydrogen-bond acceptors (Lipinski definition) is 3. The van der Waals surface area contributed by atoms with Crippen LogP contribution in [0.25, 0.3) is 5.70 Å². The Morgan fingerprint density at radius 2 is 1.54 bits per heavy atom. The number of fused-ring (bicyclic) bond motifs is 1. The van der Waals surface area contributed by atoms with Crippen molar-refractivity contribution in [1.82, 2.24) is 4.98 Å². The molecule has 0 bridgehead atoms. The number of halogens is 2. The molecule has 0 radical (unpaired) electrons. The molecule has 120 valence electrons. The van der Waals surface area contributed by atoms with E-state index in [-0.39, 0.29) is 10.8 Å². The molecule has 1 aliphatic heterocycles.